The molecule has 14 heavy (non-hydrogen) atoms. The Bertz CT molecular complexity index is 399. The highest BCUT2D eigenvalue weighted by atomic mass is 16.4. The molecule has 0 aliphatic carbocycles. The SMILES string of the molecule is Cc1nc(NC(C)C(=O)O)cc(=O)[nH]1. The fourth-order valence-electron chi connectivity index (χ4n) is 0.937. The number of hydrogen-bond donors (Lipinski definition) is 3. The standard InChI is InChI=1S/C8H11N3O3/c1-4(8(13)14)9-6-3-7(12)11-5(2)10-6/h3-4H,1-2H3,(H,13,14)(H2,9,10,11,12). The molecule has 6 nitrogen and oxygen atoms in total. The monoisotopic (exact) mass is 197 g/mol. The molecule has 6 heteroatoms. The summed E-state index contributed by atoms with van der Waals surface area (Å²) in [5.41, 5.74) is -0.308. The Morgan fingerprint density at radius 2 is 2.36 bits per heavy atom. The first kappa shape index (κ1) is 10.2. The lowest BCUT2D eigenvalue weighted by Gasteiger charge is -2.09. The summed E-state index contributed by atoms with van der Waals surface area (Å²) >= 11 is 0. The third kappa shape index (κ3) is 2.58. The number of hydrogen-bond acceptors (Lipinski definition) is 4. The van der Waals surface area contributed by atoms with Gasteiger partial charge in [-0.2, -0.15) is 0 Å². The molecule has 0 fully saturated rings. The van der Waals surface area contributed by atoms with Crippen LogP contribution >= 0.6 is 0 Å². The Balaban J connectivity index is 2.87. The average molecular weight is 197 g/mol. The Morgan fingerprint density at radius 3 is 2.86 bits per heavy atom. The number of H-pyrrole nitrogens is 1. The predicted octanol–water partition coefficient (Wildman–Crippen LogP) is -0.0367. The van der Waals surface area contributed by atoms with E-state index in [1.807, 2.05) is 0 Å². The van der Waals surface area contributed by atoms with E-state index in [2.05, 4.69) is 15.3 Å². The first-order valence-electron chi connectivity index (χ1n) is 4.06. The molecule has 0 aliphatic rings. The summed E-state index contributed by atoms with van der Waals surface area (Å²) in [6.07, 6.45) is 0. The lowest BCUT2D eigenvalue weighted by Crippen LogP contribution is -2.27. The maximum atomic E-state index is 11.0. The van der Waals surface area contributed by atoms with Crippen molar-refractivity contribution >= 4 is 11.8 Å². The Morgan fingerprint density at radius 1 is 1.71 bits per heavy atom. The van der Waals surface area contributed by atoms with E-state index in [4.69, 9.17) is 5.11 Å². The second-order valence-corrected chi connectivity index (χ2v) is 2.92. The van der Waals surface area contributed by atoms with E-state index in [9.17, 15) is 9.59 Å². The number of carboxylic acids is 1. The number of aryl methyl sites for hydroxylation is 1. The molecular formula is C8H11N3O3. The van der Waals surface area contributed by atoms with Gasteiger partial charge in [0.15, 0.2) is 0 Å². The second kappa shape index (κ2) is 3.91. The van der Waals surface area contributed by atoms with E-state index < -0.39 is 12.0 Å². The smallest absolute Gasteiger partial charge is 0.325 e. The fourth-order valence-corrected chi connectivity index (χ4v) is 0.937. The Kier molecular flexibility index (Phi) is 2.85. The molecule has 1 heterocycles. The van der Waals surface area contributed by atoms with Gasteiger partial charge in [-0.1, -0.05) is 0 Å². The van der Waals surface area contributed by atoms with Crippen LogP contribution in [0.2, 0.25) is 0 Å². The minimum atomic E-state index is -0.996. The summed E-state index contributed by atoms with van der Waals surface area (Å²) in [4.78, 5) is 27.9. The number of aromatic nitrogens is 2. The van der Waals surface area contributed by atoms with Crippen LogP contribution in [-0.2, 0) is 4.79 Å². The molecule has 1 unspecified atom stereocenters. The minimum Gasteiger partial charge on any atom is -0.480 e. The summed E-state index contributed by atoms with van der Waals surface area (Å²) in [6.45, 7) is 3.10. The van der Waals surface area contributed by atoms with Gasteiger partial charge in [-0.25, -0.2) is 4.98 Å². The van der Waals surface area contributed by atoms with E-state index in [1.54, 1.807) is 6.92 Å². The van der Waals surface area contributed by atoms with Crippen LogP contribution in [0.15, 0.2) is 10.9 Å². The number of aromatic amines is 1. The summed E-state index contributed by atoms with van der Waals surface area (Å²) in [5, 5.41) is 11.2. The van der Waals surface area contributed by atoms with Gasteiger partial charge in [-0.3, -0.25) is 9.59 Å². The molecule has 0 saturated carbocycles. The highest BCUT2D eigenvalue weighted by Gasteiger charge is 2.10. The molecular weight excluding hydrogens is 186 g/mol. The molecule has 76 valence electrons. The molecule has 1 aromatic heterocycles. The zero-order valence-electron chi connectivity index (χ0n) is 7.87. The maximum absolute atomic E-state index is 11.0. The van der Waals surface area contributed by atoms with Crippen LogP contribution in [0, 0.1) is 6.92 Å². The van der Waals surface area contributed by atoms with Crippen molar-refractivity contribution < 1.29 is 9.90 Å². The van der Waals surface area contributed by atoms with Crippen molar-refractivity contribution in [1.29, 1.82) is 0 Å². The molecule has 1 atom stereocenters. The lowest BCUT2D eigenvalue weighted by atomic mass is 10.3. The molecule has 0 amide bonds. The largest absolute Gasteiger partial charge is 0.480 e. The number of anilines is 1. The third-order valence-electron chi connectivity index (χ3n) is 1.59. The molecule has 0 spiro atoms. The van der Waals surface area contributed by atoms with Gasteiger partial charge >= 0.3 is 5.97 Å². The van der Waals surface area contributed by atoms with Crippen molar-refractivity contribution in [2.24, 2.45) is 0 Å². The summed E-state index contributed by atoms with van der Waals surface area (Å²) in [5.74, 6) is -0.288. The van der Waals surface area contributed by atoms with Gasteiger partial charge in [0.1, 0.15) is 17.7 Å². The highest BCUT2D eigenvalue weighted by Crippen LogP contribution is 2.00. The molecule has 1 rings (SSSR count). The van der Waals surface area contributed by atoms with Crippen molar-refractivity contribution in [3.05, 3.63) is 22.2 Å². The quantitative estimate of drug-likeness (QED) is 0.632. The van der Waals surface area contributed by atoms with Crippen molar-refractivity contribution in [2.45, 2.75) is 19.9 Å². The number of nitrogens with zero attached hydrogens (tertiary/aromatic N) is 1. The topological polar surface area (TPSA) is 95.1 Å². The number of carbonyl (C=O) groups is 1. The first-order valence-corrected chi connectivity index (χ1v) is 4.06. The average Bonchev–Trinajstić information content (AvgIpc) is 2.01. The Labute approximate surface area is 80.0 Å². The second-order valence-electron chi connectivity index (χ2n) is 2.92. The van der Waals surface area contributed by atoms with Crippen molar-refractivity contribution in [2.75, 3.05) is 5.32 Å². The summed E-state index contributed by atoms with van der Waals surface area (Å²) < 4.78 is 0. The number of rotatable bonds is 3. The maximum Gasteiger partial charge on any atom is 0.325 e. The normalized spacial score (nSPS) is 12.1. The number of carboxylic acid groups (broad SMARTS) is 1. The molecule has 0 bridgehead atoms. The van der Waals surface area contributed by atoms with Gasteiger partial charge in [0.2, 0.25) is 0 Å². The van der Waals surface area contributed by atoms with Gasteiger partial charge in [0.05, 0.1) is 0 Å². The summed E-state index contributed by atoms with van der Waals surface area (Å²) in [6, 6.07) is 0.440. The fraction of sp³-hybridized carbons (Fsp3) is 0.375. The van der Waals surface area contributed by atoms with Gasteiger partial charge in [-0.05, 0) is 13.8 Å². The predicted molar refractivity (Wildman–Crippen MR) is 50.3 cm³/mol. The zero-order chi connectivity index (χ0) is 10.7. The van der Waals surface area contributed by atoms with Crippen molar-refractivity contribution in [1.82, 2.24) is 9.97 Å². The van der Waals surface area contributed by atoms with Gasteiger partial charge in [0, 0.05) is 6.07 Å². The van der Waals surface area contributed by atoms with Crippen LogP contribution in [0.1, 0.15) is 12.7 Å². The molecule has 0 radical (unpaired) electrons. The molecule has 0 aliphatic heterocycles. The first-order chi connectivity index (χ1) is 6.49. The van der Waals surface area contributed by atoms with E-state index in [0.29, 0.717) is 5.82 Å². The van der Waals surface area contributed by atoms with Crippen molar-refractivity contribution in [3.63, 3.8) is 0 Å². The molecule has 0 aromatic carbocycles. The van der Waals surface area contributed by atoms with Crippen molar-refractivity contribution in [3.8, 4) is 0 Å². The highest BCUT2D eigenvalue weighted by molar-refractivity contribution is 5.76. The summed E-state index contributed by atoms with van der Waals surface area (Å²) in [7, 11) is 0. The minimum absolute atomic E-state index is 0.265. The van der Waals surface area contributed by atoms with Gasteiger partial charge < -0.3 is 15.4 Å². The molecule has 1 aromatic rings. The molecule has 0 saturated heterocycles. The van der Waals surface area contributed by atoms with Crippen LogP contribution in [0.25, 0.3) is 0 Å². The van der Waals surface area contributed by atoms with Gasteiger partial charge in [-0.15, -0.1) is 0 Å². The van der Waals surface area contributed by atoms with Crippen LogP contribution in [0.5, 0.6) is 0 Å². The van der Waals surface area contributed by atoms with Crippen LogP contribution < -0.4 is 10.9 Å². The van der Waals surface area contributed by atoms with Crippen LogP contribution in [-0.4, -0.2) is 27.1 Å². The lowest BCUT2D eigenvalue weighted by molar-refractivity contribution is -0.137. The van der Waals surface area contributed by atoms with Crippen LogP contribution in [0.3, 0.4) is 0 Å². The van der Waals surface area contributed by atoms with Gasteiger partial charge in [0.25, 0.3) is 5.56 Å². The number of nitrogens with one attached hydrogen (secondary N) is 2. The molecule has 3 N–H and O–H groups in total. The Hall–Kier alpha value is -1.85. The van der Waals surface area contributed by atoms with E-state index in [1.165, 1.54) is 13.0 Å². The third-order valence-corrected chi connectivity index (χ3v) is 1.59. The van der Waals surface area contributed by atoms with E-state index >= 15 is 0 Å². The zero-order valence-corrected chi connectivity index (χ0v) is 7.87. The van der Waals surface area contributed by atoms with E-state index in [-0.39, 0.29) is 11.4 Å². The van der Waals surface area contributed by atoms with Crippen LogP contribution in [0.4, 0.5) is 5.82 Å². The van der Waals surface area contributed by atoms with E-state index in [0.717, 1.165) is 0 Å². The number of aliphatic carboxylic acids is 1.